The molecule has 5 heteroatoms. The third kappa shape index (κ3) is 2.70. The highest BCUT2D eigenvalue weighted by Gasteiger charge is 2.26. The zero-order valence-corrected chi connectivity index (χ0v) is 12.4. The standard InChI is InChI=1S/C15H18N2O2S/c1-3-7-17(9-10(2)15(18)19)14-12(8-16)11-5-4-6-13(11)20-14/h3,10H,1,4-7,9H2,2H3,(H,18,19). The molecule has 0 aliphatic heterocycles. The lowest BCUT2D eigenvalue weighted by Crippen LogP contribution is -2.32. The number of nitrogens with zero attached hydrogens (tertiary/aromatic N) is 2. The molecular weight excluding hydrogens is 272 g/mol. The molecule has 0 amide bonds. The van der Waals surface area contributed by atoms with Crippen molar-refractivity contribution in [3.05, 3.63) is 28.7 Å². The summed E-state index contributed by atoms with van der Waals surface area (Å²) >= 11 is 1.64. The summed E-state index contributed by atoms with van der Waals surface area (Å²) in [5.41, 5.74) is 1.91. The highest BCUT2D eigenvalue weighted by atomic mass is 32.1. The molecular formula is C15H18N2O2S. The smallest absolute Gasteiger partial charge is 0.308 e. The number of hydrogen-bond acceptors (Lipinski definition) is 4. The van der Waals surface area contributed by atoms with Crippen molar-refractivity contribution in [3.63, 3.8) is 0 Å². The van der Waals surface area contributed by atoms with Crippen LogP contribution in [0.2, 0.25) is 0 Å². The Bertz CT molecular complexity index is 571. The van der Waals surface area contributed by atoms with Gasteiger partial charge in [0.2, 0.25) is 0 Å². The molecule has 1 N–H and O–H groups in total. The predicted octanol–water partition coefficient (Wildman–Crippen LogP) is 2.82. The fourth-order valence-corrected chi connectivity index (χ4v) is 3.89. The number of carboxylic acids is 1. The Labute approximate surface area is 122 Å². The van der Waals surface area contributed by atoms with E-state index in [1.54, 1.807) is 24.3 Å². The second-order valence-electron chi connectivity index (χ2n) is 5.08. The molecule has 0 spiro atoms. The van der Waals surface area contributed by atoms with Crippen molar-refractivity contribution in [2.75, 3.05) is 18.0 Å². The summed E-state index contributed by atoms with van der Waals surface area (Å²) < 4.78 is 0. The van der Waals surface area contributed by atoms with Gasteiger partial charge in [0.25, 0.3) is 0 Å². The first-order valence-electron chi connectivity index (χ1n) is 6.71. The molecule has 4 nitrogen and oxygen atoms in total. The number of thiophene rings is 1. The van der Waals surface area contributed by atoms with Crippen LogP contribution in [0.15, 0.2) is 12.7 Å². The molecule has 1 atom stereocenters. The van der Waals surface area contributed by atoms with E-state index in [0.29, 0.717) is 13.1 Å². The van der Waals surface area contributed by atoms with E-state index in [-0.39, 0.29) is 0 Å². The molecule has 0 radical (unpaired) electrons. The van der Waals surface area contributed by atoms with Crippen molar-refractivity contribution >= 4 is 22.3 Å². The van der Waals surface area contributed by atoms with Crippen molar-refractivity contribution in [2.45, 2.75) is 26.2 Å². The Morgan fingerprint density at radius 1 is 1.65 bits per heavy atom. The SMILES string of the molecule is C=CCN(CC(C)C(=O)O)c1sc2c(c1C#N)CCC2. The number of fused-ring (bicyclic) bond motifs is 1. The van der Waals surface area contributed by atoms with Gasteiger partial charge >= 0.3 is 5.97 Å². The molecule has 1 aromatic heterocycles. The average Bonchev–Trinajstić information content (AvgIpc) is 2.97. The molecule has 0 saturated carbocycles. The van der Waals surface area contributed by atoms with E-state index in [0.717, 1.165) is 29.8 Å². The van der Waals surface area contributed by atoms with Crippen molar-refractivity contribution in [2.24, 2.45) is 5.92 Å². The predicted molar refractivity (Wildman–Crippen MR) is 80.3 cm³/mol. The maximum Gasteiger partial charge on any atom is 0.308 e. The van der Waals surface area contributed by atoms with Gasteiger partial charge in [-0.2, -0.15) is 5.26 Å². The molecule has 0 aromatic carbocycles. The van der Waals surface area contributed by atoms with Gasteiger partial charge in [0.1, 0.15) is 11.1 Å². The molecule has 1 aliphatic carbocycles. The minimum absolute atomic E-state index is 0.398. The van der Waals surface area contributed by atoms with Crippen LogP contribution in [0.4, 0.5) is 5.00 Å². The lowest BCUT2D eigenvalue weighted by molar-refractivity contribution is -0.140. The summed E-state index contributed by atoms with van der Waals surface area (Å²) in [4.78, 5) is 14.3. The average molecular weight is 290 g/mol. The summed E-state index contributed by atoms with van der Waals surface area (Å²) in [6, 6.07) is 2.30. The van der Waals surface area contributed by atoms with Gasteiger partial charge in [-0.3, -0.25) is 4.79 Å². The van der Waals surface area contributed by atoms with E-state index in [4.69, 9.17) is 5.11 Å². The van der Waals surface area contributed by atoms with Gasteiger partial charge in [0.15, 0.2) is 0 Å². The van der Waals surface area contributed by atoms with Crippen LogP contribution in [0, 0.1) is 17.2 Å². The third-order valence-electron chi connectivity index (χ3n) is 3.57. The lowest BCUT2D eigenvalue weighted by Gasteiger charge is -2.24. The summed E-state index contributed by atoms with van der Waals surface area (Å²) in [6.45, 7) is 6.38. The number of aryl methyl sites for hydroxylation is 1. The van der Waals surface area contributed by atoms with Gasteiger partial charge in [-0.15, -0.1) is 17.9 Å². The minimum atomic E-state index is -0.818. The molecule has 1 heterocycles. The van der Waals surface area contributed by atoms with Crippen LogP contribution < -0.4 is 4.90 Å². The van der Waals surface area contributed by atoms with Gasteiger partial charge in [0, 0.05) is 18.0 Å². The first-order chi connectivity index (χ1) is 9.58. The van der Waals surface area contributed by atoms with Crippen LogP contribution in [0.1, 0.15) is 29.3 Å². The van der Waals surface area contributed by atoms with E-state index >= 15 is 0 Å². The van der Waals surface area contributed by atoms with E-state index in [1.165, 1.54) is 10.4 Å². The van der Waals surface area contributed by atoms with Crippen molar-refractivity contribution < 1.29 is 9.90 Å². The first-order valence-corrected chi connectivity index (χ1v) is 7.53. The number of nitriles is 1. The van der Waals surface area contributed by atoms with Gasteiger partial charge in [-0.05, 0) is 24.8 Å². The topological polar surface area (TPSA) is 64.3 Å². The Morgan fingerprint density at radius 2 is 2.40 bits per heavy atom. The zero-order valence-electron chi connectivity index (χ0n) is 11.6. The molecule has 20 heavy (non-hydrogen) atoms. The molecule has 1 aliphatic rings. The summed E-state index contributed by atoms with van der Waals surface area (Å²) in [5.74, 6) is -1.29. The maximum absolute atomic E-state index is 11.1. The highest BCUT2D eigenvalue weighted by Crippen LogP contribution is 2.40. The molecule has 0 fully saturated rings. The minimum Gasteiger partial charge on any atom is -0.481 e. The van der Waals surface area contributed by atoms with E-state index in [2.05, 4.69) is 12.6 Å². The molecule has 0 saturated heterocycles. The zero-order chi connectivity index (χ0) is 14.7. The normalized spacial score (nSPS) is 14.4. The second kappa shape index (κ2) is 6.10. The largest absolute Gasteiger partial charge is 0.481 e. The van der Waals surface area contributed by atoms with E-state index < -0.39 is 11.9 Å². The van der Waals surface area contributed by atoms with Crippen molar-refractivity contribution in [1.82, 2.24) is 0 Å². The Kier molecular flexibility index (Phi) is 4.46. The van der Waals surface area contributed by atoms with Crippen molar-refractivity contribution in [1.29, 1.82) is 5.26 Å². The van der Waals surface area contributed by atoms with Gasteiger partial charge < -0.3 is 10.0 Å². The highest BCUT2D eigenvalue weighted by molar-refractivity contribution is 7.16. The number of aliphatic carboxylic acids is 1. The van der Waals surface area contributed by atoms with Crippen LogP contribution in [0.25, 0.3) is 0 Å². The van der Waals surface area contributed by atoms with Gasteiger partial charge in [0.05, 0.1) is 11.5 Å². The number of rotatable bonds is 6. The molecule has 1 aromatic rings. The Hall–Kier alpha value is -1.80. The second-order valence-corrected chi connectivity index (χ2v) is 6.17. The summed E-state index contributed by atoms with van der Waals surface area (Å²) in [5, 5.41) is 19.4. The van der Waals surface area contributed by atoms with Crippen LogP contribution in [0.5, 0.6) is 0 Å². The van der Waals surface area contributed by atoms with Gasteiger partial charge in [-0.25, -0.2) is 0 Å². The number of hydrogen-bond donors (Lipinski definition) is 1. The molecule has 106 valence electrons. The summed E-state index contributed by atoms with van der Waals surface area (Å²) in [7, 11) is 0. The summed E-state index contributed by atoms with van der Waals surface area (Å²) in [6.07, 6.45) is 4.86. The lowest BCUT2D eigenvalue weighted by atomic mass is 10.1. The number of carbonyl (C=O) groups is 1. The van der Waals surface area contributed by atoms with Crippen LogP contribution in [-0.4, -0.2) is 24.2 Å². The van der Waals surface area contributed by atoms with Crippen molar-refractivity contribution in [3.8, 4) is 6.07 Å². The third-order valence-corrected chi connectivity index (χ3v) is 4.92. The van der Waals surface area contributed by atoms with Crippen LogP contribution in [-0.2, 0) is 17.6 Å². The van der Waals surface area contributed by atoms with E-state index in [1.807, 2.05) is 4.90 Å². The van der Waals surface area contributed by atoms with E-state index in [9.17, 15) is 10.1 Å². The van der Waals surface area contributed by atoms with Crippen LogP contribution >= 0.6 is 11.3 Å². The molecule has 0 bridgehead atoms. The quantitative estimate of drug-likeness (QED) is 0.818. The Morgan fingerprint density at radius 3 is 3.00 bits per heavy atom. The van der Waals surface area contributed by atoms with Gasteiger partial charge in [-0.1, -0.05) is 13.0 Å². The fraction of sp³-hybridized carbons (Fsp3) is 0.467. The number of carboxylic acid groups (broad SMARTS) is 1. The first kappa shape index (κ1) is 14.6. The number of anilines is 1. The monoisotopic (exact) mass is 290 g/mol. The Balaban J connectivity index is 2.32. The molecule has 1 unspecified atom stereocenters. The fourth-order valence-electron chi connectivity index (χ4n) is 2.53. The molecule has 2 rings (SSSR count). The van der Waals surface area contributed by atoms with Crippen LogP contribution in [0.3, 0.4) is 0 Å². The maximum atomic E-state index is 11.1.